The van der Waals surface area contributed by atoms with Gasteiger partial charge in [0.05, 0.1) is 4.47 Å². The molecule has 3 N–H and O–H groups in total. The first-order chi connectivity index (χ1) is 9.74. The van der Waals surface area contributed by atoms with Crippen molar-refractivity contribution in [2.75, 3.05) is 11.1 Å². The molecule has 0 aliphatic rings. The number of nitrogens with one attached hydrogen (secondary N) is 1. The fourth-order valence-corrected chi connectivity index (χ4v) is 2.47. The number of fused-ring (bicyclic) bond motifs is 1. The Morgan fingerprint density at radius 3 is 2.67 bits per heavy atom. The van der Waals surface area contributed by atoms with Gasteiger partial charge >= 0.3 is 0 Å². The summed E-state index contributed by atoms with van der Waals surface area (Å²) in [6, 6.07) is 10.1. The van der Waals surface area contributed by atoms with Gasteiger partial charge in [-0.25, -0.2) is 4.98 Å². The molecule has 0 unspecified atom stereocenters. The molecule has 6 heteroatoms. The maximum atomic E-state index is 5.82. The number of nitrogens with two attached hydrogens (primary N) is 1. The first-order valence-corrected chi connectivity index (χ1v) is 7.00. The zero-order valence-electron chi connectivity index (χ0n) is 11.1. The SMILES string of the molecule is Cl.Nc1ncc2ccc(CNc3ccncc3)cc2c1Br. The molecule has 108 valence electrons. The average molecular weight is 366 g/mol. The lowest BCUT2D eigenvalue weighted by atomic mass is 10.1. The smallest absolute Gasteiger partial charge is 0.138 e. The third-order valence-corrected chi connectivity index (χ3v) is 3.93. The van der Waals surface area contributed by atoms with Gasteiger partial charge in [0.25, 0.3) is 0 Å². The van der Waals surface area contributed by atoms with E-state index >= 15 is 0 Å². The maximum absolute atomic E-state index is 5.82. The van der Waals surface area contributed by atoms with Crippen LogP contribution in [-0.2, 0) is 6.54 Å². The zero-order valence-corrected chi connectivity index (χ0v) is 13.5. The number of nitrogens with zero attached hydrogens (tertiary/aromatic N) is 2. The molecule has 0 fully saturated rings. The van der Waals surface area contributed by atoms with E-state index in [2.05, 4.69) is 49.4 Å². The van der Waals surface area contributed by atoms with Crippen LogP contribution in [-0.4, -0.2) is 9.97 Å². The number of benzene rings is 1. The normalized spacial score (nSPS) is 10.1. The topological polar surface area (TPSA) is 63.8 Å². The summed E-state index contributed by atoms with van der Waals surface area (Å²) in [4.78, 5) is 8.13. The van der Waals surface area contributed by atoms with Gasteiger partial charge in [-0.1, -0.05) is 12.1 Å². The second kappa shape index (κ2) is 6.74. The van der Waals surface area contributed by atoms with Gasteiger partial charge in [0.2, 0.25) is 0 Å². The summed E-state index contributed by atoms with van der Waals surface area (Å²) >= 11 is 3.49. The Balaban J connectivity index is 0.00000161. The molecular formula is C15H14BrClN4. The molecule has 0 spiro atoms. The molecule has 1 aromatic carbocycles. The Hall–Kier alpha value is -1.85. The number of halogens is 2. The lowest BCUT2D eigenvalue weighted by molar-refractivity contribution is 1.15. The molecule has 3 aromatic rings. The number of anilines is 2. The van der Waals surface area contributed by atoms with Gasteiger partial charge < -0.3 is 11.1 Å². The van der Waals surface area contributed by atoms with E-state index in [-0.39, 0.29) is 12.4 Å². The molecule has 21 heavy (non-hydrogen) atoms. The molecule has 0 aliphatic heterocycles. The molecule has 4 nitrogen and oxygen atoms in total. The highest BCUT2D eigenvalue weighted by molar-refractivity contribution is 9.10. The van der Waals surface area contributed by atoms with Gasteiger partial charge in [0.15, 0.2) is 0 Å². The predicted molar refractivity (Wildman–Crippen MR) is 92.7 cm³/mol. The van der Waals surface area contributed by atoms with Crippen LogP contribution in [0.3, 0.4) is 0 Å². The van der Waals surface area contributed by atoms with Gasteiger partial charge in [-0.2, -0.15) is 0 Å². The van der Waals surface area contributed by atoms with Gasteiger partial charge in [0.1, 0.15) is 5.82 Å². The van der Waals surface area contributed by atoms with E-state index in [0.717, 1.165) is 27.5 Å². The van der Waals surface area contributed by atoms with Crippen molar-refractivity contribution >= 4 is 50.6 Å². The number of rotatable bonds is 3. The second-order valence-corrected chi connectivity index (χ2v) is 5.26. The number of pyridine rings is 2. The molecule has 2 heterocycles. The molecule has 0 radical (unpaired) electrons. The molecule has 0 atom stereocenters. The van der Waals surface area contributed by atoms with Crippen LogP contribution >= 0.6 is 28.3 Å². The van der Waals surface area contributed by atoms with E-state index in [0.29, 0.717) is 5.82 Å². The van der Waals surface area contributed by atoms with Crippen LogP contribution in [0.5, 0.6) is 0 Å². The minimum Gasteiger partial charge on any atom is -0.383 e. The van der Waals surface area contributed by atoms with Crippen molar-refractivity contribution in [1.29, 1.82) is 0 Å². The summed E-state index contributed by atoms with van der Waals surface area (Å²) in [6.07, 6.45) is 5.33. The van der Waals surface area contributed by atoms with E-state index < -0.39 is 0 Å². The van der Waals surface area contributed by atoms with Crippen molar-refractivity contribution in [2.24, 2.45) is 0 Å². The lowest BCUT2D eigenvalue weighted by Crippen LogP contribution is -1.99. The Morgan fingerprint density at radius 1 is 1.14 bits per heavy atom. The number of hydrogen-bond acceptors (Lipinski definition) is 4. The number of hydrogen-bond donors (Lipinski definition) is 2. The fourth-order valence-electron chi connectivity index (χ4n) is 2.02. The first-order valence-electron chi connectivity index (χ1n) is 6.20. The summed E-state index contributed by atoms with van der Waals surface area (Å²) in [5.41, 5.74) is 8.05. The summed E-state index contributed by atoms with van der Waals surface area (Å²) < 4.78 is 0.848. The molecule has 0 saturated heterocycles. The summed E-state index contributed by atoms with van der Waals surface area (Å²) in [7, 11) is 0. The third kappa shape index (κ3) is 3.43. The van der Waals surface area contributed by atoms with Crippen molar-refractivity contribution in [3.05, 3.63) is 59.0 Å². The van der Waals surface area contributed by atoms with Gasteiger partial charge in [-0.3, -0.25) is 4.98 Å². The van der Waals surface area contributed by atoms with Crippen molar-refractivity contribution < 1.29 is 0 Å². The van der Waals surface area contributed by atoms with Crippen LogP contribution in [0.4, 0.5) is 11.5 Å². The molecule has 0 bridgehead atoms. The highest BCUT2D eigenvalue weighted by Gasteiger charge is 2.05. The minimum absolute atomic E-state index is 0. The number of nitrogen functional groups attached to an aromatic ring is 1. The monoisotopic (exact) mass is 364 g/mol. The third-order valence-electron chi connectivity index (χ3n) is 3.10. The van der Waals surface area contributed by atoms with E-state index in [9.17, 15) is 0 Å². The van der Waals surface area contributed by atoms with Crippen molar-refractivity contribution in [2.45, 2.75) is 6.54 Å². The van der Waals surface area contributed by atoms with Crippen LogP contribution in [0.25, 0.3) is 10.8 Å². The van der Waals surface area contributed by atoms with E-state index in [1.165, 1.54) is 5.56 Å². The van der Waals surface area contributed by atoms with Crippen LogP contribution in [0.2, 0.25) is 0 Å². The summed E-state index contributed by atoms with van der Waals surface area (Å²) in [6.45, 7) is 0.745. The number of aromatic nitrogens is 2. The Bertz CT molecular complexity index is 749. The maximum Gasteiger partial charge on any atom is 0.138 e. The van der Waals surface area contributed by atoms with E-state index in [1.54, 1.807) is 18.6 Å². The largest absolute Gasteiger partial charge is 0.383 e. The quantitative estimate of drug-likeness (QED) is 0.736. The molecular weight excluding hydrogens is 352 g/mol. The van der Waals surface area contributed by atoms with Gasteiger partial charge in [-0.15, -0.1) is 12.4 Å². The standard InChI is InChI=1S/C15H13BrN4.ClH/c16-14-13-7-10(1-2-11(13)9-20-15(14)17)8-19-12-3-5-18-6-4-12;/h1-7,9H,8H2,(H2,17,20)(H,18,19);1H. The predicted octanol–water partition coefficient (Wildman–Crippen LogP) is 4.01. The molecule has 0 saturated carbocycles. The fraction of sp³-hybridized carbons (Fsp3) is 0.0667. The van der Waals surface area contributed by atoms with Crippen molar-refractivity contribution in [3.63, 3.8) is 0 Å². The van der Waals surface area contributed by atoms with Gasteiger partial charge in [-0.05, 0) is 39.7 Å². The Kier molecular flexibility index (Phi) is 4.98. The van der Waals surface area contributed by atoms with E-state index in [4.69, 9.17) is 5.73 Å². The minimum atomic E-state index is 0. The average Bonchev–Trinajstić information content (AvgIpc) is 2.50. The Morgan fingerprint density at radius 2 is 1.90 bits per heavy atom. The van der Waals surface area contributed by atoms with Crippen molar-refractivity contribution in [1.82, 2.24) is 9.97 Å². The van der Waals surface area contributed by atoms with Crippen LogP contribution in [0, 0.1) is 0 Å². The second-order valence-electron chi connectivity index (χ2n) is 4.47. The summed E-state index contributed by atoms with van der Waals surface area (Å²) in [5, 5.41) is 5.50. The highest BCUT2D eigenvalue weighted by Crippen LogP contribution is 2.28. The molecule has 3 rings (SSSR count). The van der Waals surface area contributed by atoms with Gasteiger partial charge in [0, 0.05) is 41.6 Å². The molecule has 0 aliphatic carbocycles. The zero-order chi connectivity index (χ0) is 13.9. The highest BCUT2D eigenvalue weighted by atomic mass is 79.9. The molecule has 0 amide bonds. The lowest BCUT2D eigenvalue weighted by Gasteiger charge is -2.08. The van der Waals surface area contributed by atoms with Crippen LogP contribution < -0.4 is 11.1 Å². The Labute approximate surface area is 137 Å². The summed E-state index contributed by atoms with van der Waals surface area (Å²) in [5.74, 6) is 0.511. The van der Waals surface area contributed by atoms with Crippen molar-refractivity contribution in [3.8, 4) is 0 Å². The van der Waals surface area contributed by atoms with E-state index in [1.807, 2.05) is 12.1 Å². The first kappa shape index (κ1) is 15.5. The van der Waals surface area contributed by atoms with Crippen LogP contribution in [0.15, 0.2) is 53.4 Å². The van der Waals surface area contributed by atoms with Crippen LogP contribution in [0.1, 0.15) is 5.56 Å². The molecule has 2 aromatic heterocycles.